The van der Waals surface area contributed by atoms with Crippen LogP contribution < -0.4 is 20.3 Å². The van der Waals surface area contributed by atoms with Gasteiger partial charge in [0.15, 0.2) is 13.2 Å². The molecule has 0 bridgehead atoms. The fraction of sp³-hybridized carbons (Fsp3) is 0.250. The third-order valence-corrected chi connectivity index (χ3v) is 3.95. The molecule has 2 rings (SSSR count). The Balaban J connectivity index is 1.66. The number of esters is 1. The summed E-state index contributed by atoms with van der Waals surface area (Å²) in [5.74, 6) is -0.550. The molecule has 0 aliphatic heterocycles. The lowest BCUT2D eigenvalue weighted by Gasteiger charge is -2.10. The number of amides is 2. The van der Waals surface area contributed by atoms with Crippen molar-refractivity contribution < 1.29 is 28.6 Å². The highest BCUT2D eigenvalue weighted by Gasteiger charge is 2.09. The van der Waals surface area contributed by atoms with Crippen LogP contribution in [0.3, 0.4) is 0 Å². The number of halogens is 1. The molecule has 0 aliphatic carbocycles. The van der Waals surface area contributed by atoms with E-state index in [2.05, 4.69) is 26.8 Å². The summed E-state index contributed by atoms with van der Waals surface area (Å²) in [6.45, 7) is 1.70. The van der Waals surface area contributed by atoms with E-state index in [0.29, 0.717) is 23.7 Å². The summed E-state index contributed by atoms with van der Waals surface area (Å²) in [6, 6.07) is 13.2. The Kier molecular flexibility index (Phi) is 8.97. The van der Waals surface area contributed by atoms with E-state index >= 15 is 0 Å². The largest absolute Gasteiger partial charge is 0.484 e. The van der Waals surface area contributed by atoms with E-state index in [0.717, 1.165) is 10.9 Å². The highest BCUT2D eigenvalue weighted by atomic mass is 79.9. The Bertz CT molecular complexity index is 824. The van der Waals surface area contributed by atoms with Crippen LogP contribution in [0.5, 0.6) is 11.5 Å². The van der Waals surface area contributed by atoms with Crippen molar-refractivity contribution in [2.24, 2.45) is 0 Å². The maximum atomic E-state index is 11.8. The van der Waals surface area contributed by atoms with Crippen molar-refractivity contribution in [1.82, 2.24) is 10.9 Å². The second-order valence-electron chi connectivity index (χ2n) is 5.79. The zero-order valence-electron chi connectivity index (χ0n) is 15.8. The number of hydrogen-bond donors (Lipinski definition) is 2. The predicted octanol–water partition coefficient (Wildman–Crippen LogP) is 2.62. The Labute approximate surface area is 176 Å². The van der Waals surface area contributed by atoms with Gasteiger partial charge in [0, 0.05) is 4.47 Å². The van der Waals surface area contributed by atoms with Crippen LogP contribution in [0.25, 0.3) is 0 Å². The lowest BCUT2D eigenvalue weighted by molar-refractivity contribution is -0.131. The van der Waals surface area contributed by atoms with Crippen molar-refractivity contribution in [2.75, 3.05) is 19.8 Å². The van der Waals surface area contributed by atoms with Crippen molar-refractivity contribution >= 4 is 33.7 Å². The first kappa shape index (κ1) is 22.2. The van der Waals surface area contributed by atoms with E-state index in [1.165, 1.54) is 0 Å². The number of benzene rings is 2. The molecule has 2 N–H and O–H groups in total. The minimum atomic E-state index is -0.548. The number of rotatable bonds is 9. The van der Waals surface area contributed by atoms with Crippen molar-refractivity contribution in [3.8, 4) is 11.5 Å². The van der Waals surface area contributed by atoms with Crippen LogP contribution >= 0.6 is 15.9 Å². The van der Waals surface area contributed by atoms with Crippen LogP contribution in [0, 0.1) is 0 Å². The second kappa shape index (κ2) is 11.7. The van der Waals surface area contributed by atoms with E-state index in [1.54, 1.807) is 48.5 Å². The molecule has 154 valence electrons. The summed E-state index contributed by atoms with van der Waals surface area (Å²) in [4.78, 5) is 35.2. The molecule has 0 saturated heterocycles. The monoisotopic (exact) mass is 464 g/mol. The Hall–Kier alpha value is -3.07. The molecule has 0 heterocycles. The van der Waals surface area contributed by atoms with Gasteiger partial charge in [0.25, 0.3) is 11.8 Å². The SMILES string of the molecule is CCCOC(=O)c1ccc(OCC(=O)NNC(=O)COc2ccc(Br)cc2)cc1. The van der Waals surface area contributed by atoms with E-state index < -0.39 is 17.8 Å². The molecule has 0 atom stereocenters. The summed E-state index contributed by atoms with van der Waals surface area (Å²) in [5.41, 5.74) is 4.85. The second-order valence-corrected chi connectivity index (χ2v) is 6.70. The lowest BCUT2D eigenvalue weighted by Crippen LogP contribution is -2.45. The number of carbonyl (C=O) groups is 3. The smallest absolute Gasteiger partial charge is 0.338 e. The molecule has 0 aromatic heterocycles. The van der Waals surface area contributed by atoms with Crippen molar-refractivity contribution in [3.05, 3.63) is 58.6 Å². The highest BCUT2D eigenvalue weighted by Crippen LogP contribution is 2.16. The minimum absolute atomic E-state index is 0.252. The van der Waals surface area contributed by atoms with Crippen LogP contribution in [0.1, 0.15) is 23.7 Å². The van der Waals surface area contributed by atoms with Gasteiger partial charge in [0.2, 0.25) is 0 Å². The summed E-state index contributed by atoms with van der Waals surface area (Å²) in [5, 5.41) is 0. The van der Waals surface area contributed by atoms with Gasteiger partial charge in [-0.3, -0.25) is 20.4 Å². The zero-order valence-corrected chi connectivity index (χ0v) is 17.4. The molecule has 0 radical (unpaired) electrons. The Morgan fingerprint density at radius 1 is 0.828 bits per heavy atom. The van der Waals surface area contributed by atoms with E-state index in [4.69, 9.17) is 14.2 Å². The summed E-state index contributed by atoms with van der Waals surface area (Å²) < 4.78 is 16.5. The normalized spacial score (nSPS) is 10.0. The Morgan fingerprint density at radius 2 is 1.31 bits per heavy atom. The fourth-order valence-corrected chi connectivity index (χ4v) is 2.27. The molecule has 0 fully saturated rings. The number of hydrazine groups is 1. The highest BCUT2D eigenvalue weighted by molar-refractivity contribution is 9.10. The van der Waals surface area contributed by atoms with Gasteiger partial charge < -0.3 is 14.2 Å². The molecule has 8 nitrogen and oxygen atoms in total. The quantitative estimate of drug-likeness (QED) is 0.436. The minimum Gasteiger partial charge on any atom is -0.484 e. The maximum Gasteiger partial charge on any atom is 0.338 e. The van der Waals surface area contributed by atoms with Crippen LogP contribution in [0.15, 0.2) is 53.0 Å². The van der Waals surface area contributed by atoms with Crippen molar-refractivity contribution in [2.45, 2.75) is 13.3 Å². The standard InChI is InChI=1S/C20H21BrN2O6/c1-2-11-27-20(26)14-3-7-16(8-4-14)28-12-18(24)22-23-19(25)13-29-17-9-5-15(21)6-10-17/h3-10H,2,11-13H2,1H3,(H,22,24)(H,23,25). The van der Waals surface area contributed by atoms with E-state index in [1.807, 2.05) is 6.92 Å². The number of ether oxygens (including phenoxy) is 3. The van der Waals surface area contributed by atoms with Gasteiger partial charge in [-0.05, 0) is 55.0 Å². The molecule has 2 aromatic rings. The predicted molar refractivity (Wildman–Crippen MR) is 108 cm³/mol. The first-order chi connectivity index (χ1) is 14.0. The van der Waals surface area contributed by atoms with Gasteiger partial charge in [-0.25, -0.2) is 4.79 Å². The molecule has 0 spiro atoms. The van der Waals surface area contributed by atoms with Gasteiger partial charge in [0.05, 0.1) is 12.2 Å². The molecule has 29 heavy (non-hydrogen) atoms. The summed E-state index contributed by atoms with van der Waals surface area (Å²) in [6.07, 6.45) is 0.745. The molecular weight excluding hydrogens is 444 g/mol. The first-order valence-corrected chi connectivity index (χ1v) is 9.63. The topological polar surface area (TPSA) is 103 Å². The summed E-state index contributed by atoms with van der Waals surface area (Å²) in [7, 11) is 0. The molecule has 2 aromatic carbocycles. The zero-order chi connectivity index (χ0) is 21.1. The third-order valence-electron chi connectivity index (χ3n) is 3.42. The van der Waals surface area contributed by atoms with Crippen LogP contribution in [0.4, 0.5) is 0 Å². The van der Waals surface area contributed by atoms with Gasteiger partial charge in [-0.15, -0.1) is 0 Å². The number of carbonyl (C=O) groups excluding carboxylic acids is 3. The molecule has 9 heteroatoms. The van der Waals surface area contributed by atoms with E-state index in [-0.39, 0.29) is 13.2 Å². The summed E-state index contributed by atoms with van der Waals surface area (Å²) >= 11 is 3.30. The van der Waals surface area contributed by atoms with Crippen LogP contribution in [0.2, 0.25) is 0 Å². The lowest BCUT2D eigenvalue weighted by atomic mass is 10.2. The van der Waals surface area contributed by atoms with Gasteiger partial charge in [-0.2, -0.15) is 0 Å². The van der Waals surface area contributed by atoms with Gasteiger partial charge in [-0.1, -0.05) is 22.9 Å². The molecule has 2 amide bonds. The molecule has 0 unspecified atom stereocenters. The van der Waals surface area contributed by atoms with Gasteiger partial charge in [0.1, 0.15) is 11.5 Å². The van der Waals surface area contributed by atoms with Crippen molar-refractivity contribution in [3.63, 3.8) is 0 Å². The van der Waals surface area contributed by atoms with Crippen molar-refractivity contribution in [1.29, 1.82) is 0 Å². The first-order valence-electron chi connectivity index (χ1n) is 8.84. The molecule has 0 aliphatic rings. The average Bonchev–Trinajstić information content (AvgIpc) is 2.74. The molecular formula is C20H21BrN2O6. The van der Waals surface area contributed by atoms with E-state index in [9.17, 15) is 14.4 Å². The maximum absolute atomic E-state index is 11.8. The fourth-order valence-electron chi connectivity index (χ4n) is 2.01. The molecule has 0 saturated carbocycles. The average molecular weight is 465 g/mol. The van der Waals surface area contributed by atoms with Crippen LogP contribution in [-0.4, -0.2) is 37.6 Å². The van der Waals surface area contributed by atoms with Crippen LogP contribution in [-0.2, 0) is 14.3 Å². The third kappa shape index (κ3) is 8.22. The number of nitrogens with one attached hydrogen (secondary N) is 2. The number of hydrogen-bond acceptors (Lipinski definition) is 6. The Morgan fingerprint density at radius 3 is 1.79 bits per heavy atom. The van der Waals surface area contributed by atoms with Gasteiger partial charge >= 0.3 is 5.97 Å².